The van der Waals surface area contributed by atoms with Crippen LogP contribution in [0.3, 0.4) is 0 Å². The molecule has 19 heavy (non-hydrogen) atoms. The van der Waals surface area contributed by atoms with Gasteiger partial charge in [-0.1, -0.05) is 6.92 Å². The maximum absolute atomic E-state index is 12.6. The molecule has 0 saturated carbocycles. The molecule has 2 rings (SSSR count). The Hall–Kier alpha value is -1.43. The van der Waals surface area contributed by atoms with Crippen LogP contribution in [0.25, 0.3) is 0 Å². The average molecular weight is 275 g/mol. The van der Waals surface area contributed by atoms with Crippen LogP contribution in [-0.2, 0) is 6.18 Å². The molecule has 3 nitrogen and oxygen atoms in total. The van der Waals surface area contributed by atoms with Crippen molar-refractivity contribution in [1.82, 2.24) is 5.32 Å². The van der Waals surface area contributed by atoms with Gasteiger partial charge in [0.25, 0.3) is 0 Å². The van der Waals surface area contributed by atoms with Gasteiger partial charge >= 0.3 is 6.18 Å². The summed E-state index contributed by atoms with van der Waals surface area (Å²) in [5.74, 6) is 0.518. The summed E-state index contributed by atoms with van der Waals surface area (Å²) < 4.78 is 48.7. The predicted molar refractivity (Wildman–Crippen MR) is 64.5 cm³/mol. The lowest BCUT2D eigenvalue weighted by Gasteiger charge is -2.27. The van der Waals surface area contributed by atoms with Crippen LogP contribution in [-0.4, -0.2) is 25.8 Å². The molecule has 0 saturated heterocycles. The summed E-state index contributed by atoms with van der Waals surface area (Å²) in [4.78, 5) is 0. The first-order valence-corrected chi connectivity index (χ1v) is 6.22. The fourth-order valence-electron chi connectivity index (χ4n) is 1.83. The van der Waals surface area contributed by atoms with Crippen molar-refractivity contribution in [2.75, 3.05) is 19.7 Å². The van der Waals surface area contributed by atoms with E-state index in [4.69, 9.17) is 9.47 Å². The molecule has 0 unspecified atom stereocenters. The van der Waals surface area contributed by atoms with E-state index in [0.29, 0.717) is 18.9 Å². The van der Waals surface area contributed by atoms with Crippen molar-refractivity contribution in [2.24, 2.45) is 0 Å². The molecule has 1 aliphatic rings. The highest BCUT2D eigenvalue weighted by molar-refractivity contribution is 5.44. The summed E-state index contributed by atoms with van der Waals surface area (Å²) in [5, 5.41) is 3.15. The molecule has 1 aromatic carbocycles. The predicted octanol–water partition coefficient (Wildman–Crippen LogP) is 2.84. The van der Waals surface area contributed by atoms with E-state index < -0.39 is 11.7 Å². The first-order chi connectivity index (χ1) is 9.00. The number of fused-ring (bicyclic) bond motifs is 1. The first kappa shape index (κ1) is 14.0. The minimum Gasteiger partial charge on any atom is -0.486 e. The van der Waals surface area contributed by atoms with Gasteiger partial charge in [0.1, 0.15) is 12.7 Å². The van der Waals surface area contributed by atoms with E-state index in [1.165, 1.54) is 6.07 Å². The Balaban J connectivity index is 2.06. The molecule has 0 amide bonds. The van der Waals surface area contributed by atoms with Crippen molar-refractivity contribution in [3.63, 3.8) is 0 Å². The number of nitrogens with one attached hydrogen (secondary N) is 1. The molecule has 1 N–H and O–H groups in total. The third-order valence-electron chi connectivity index (χ3n) is 2.79. The highest BCUT2D eigenvalue weighted by Crippen LogP contribution is 2.38. The van der Waals surface area contributed by atoms with Gasteiger partial charge in [-0.25, -0.2) is 0 Å². The minimum atomic E-state index is -4.37. The normalized spacial score (nSPS) is 18.4. The lowest BCUT2D eigenvalue weighted by molar-refractivity contribution is -0.137. The van der Waals surface area contributed by atoms with Crippen LogP contribution in [0.2, 0.25) is 0 Å². The lowest BCUT2D eigenvalue weighted by Crippen LogP contribution is -2.38. The number of ether oxygens (including phenoxy) is 2. The van der Waals surface area contributed by atoms with Crippen molar-refractivity contribution in [2.45, 2.75) is 25.6 Å². The van der Waals surface area contributed by atoms with Gasteiger partial charge in [-0.2, -0.15) is 13.2 Å². The molecular weight excluding hydrogens is 259 g/mol. The largest absolute Gasteiger partial charge is 0.486 e. The number of alkyl halides is 3. The Morgan fingerprint density at radius 1 is 1.32 bits per heavy atom. The highest BCUT2D eigenvalue weighted by atomic mass is 19.4. The van der Waals surface area contributed by atoms with E-state index >= 15 is 0 Å². The minimum absolute atomic E-state index is 0.157. The second-order valence-corrected chi connectivity index (χ2v) is 4.41. The Morgan fingerprint density at radius 2 is 2.11 bits per heavy atom. The third-order valence-corrected chi connectivity index (χ3v) is 2.79. The van der Waals surface area contributed by atoms with Crippen molar-refractivity contribution < 1.29 is 22.6 Å². The smallest absolute Gasteiger partial charge is 0.416 e. The van der Waals surface area contributed by atoms with Gasteiger partial charge in [0.05, 0.1) is 5.56 Å². The zero-order valence-corrected chi connectivity index (χ0v) is 10.6. The van der Waals surface area contributed by atoms with Crippen molar-refractivity contribution >= 4 is 0 Å². The molecule has 0 aliphatic carbocycles. The number of halogens is 3. The summed E-state index contributed by atoms with van der Waals surface area (Å²) in [6, 6.07) is 3.28. The molecule has 0 bridgehead atoms. The van der Waals surface area contributed by atoms with Crippen LogP contribution < -0.4 is 14.8 Å². The van der Waals surface area contributed by atoms with E-state index in [0.717, 1.165) is 25.1 Å². The molecule has 0 fully saturated rings. The molecule has 6 heteroatoms. The van der Waals surface area contributed by atoms with Crippen molar-refractivity contribution in [3.05, 3.63) is 23.8 Å². The quantitative estimate of drug-likeness (QED) is 0.857. The van der Waals surface area contributed by atoms with Gasteiger partial charge < -0.3 is 14.8 Å². The van der Waals surface area contributed by atoms with Crippen LogP contribution >= 0.6 is 0 Å². The summed E-state index contributed by atoms with van der Waals surface area (Å²) in [5.41, 5.74) is -0.725. The Bertz CT molecular complexity index is 434. The number of hydrogen-bond donors (Lipinski definition) is 1. The van der Waals surface area contributed by atoms with E-state index in [1.807, 2.05) is 6.92 Å². The van der Waals surface area contributed by atoms with Gasteiger partial charge in [-0.15, -0.1) is 0 Å². The molecule has 1 aliphatic heterocycles. The average Bonchev–Trinajstić information content (AvgIpc) is 2.37. The van der Waals surface area contributed by atoms with Gasteiger partial charge in [0.15, 0.2) is 11.5 Å². The Labute approximate surface area is 109 Å². The van der Waals surface area contributed by atoms with Crippen LogP contribution in [0, 0.1) is 0 Å². The van der Waals surface area contributed by atoms with E-state index in [2.05, 4.69) is 5.32 Å². The summed E-state index contributed by atoms with van der Waals surface area (Å²) in [7, 11) is 0. The summed E-state index contributed by atoms with van der Waals surface area (Å²) >= 11 is 0. The maximum atomic E-state index is 12.6. The second-order valence-electron chi connectivity index (χ2n) is 4.41. The molecule has 1 heterocycles. The number of hydrogen-bond acceptors (Lipinski definition) is 3. The van der Waals surface area contributed by atoms with Crippen molar-refractivity contribution in [1.29, 1.82) is 0 Å². The van der Waals surface area contributed by atoms with Crippen LogP contribution in [0.1, 0.15) is 18.9 Å². The molecule has 0 radical (unpaired) electrons. The standard InChI is InChI=1S/C13H16F3NO2/c1-2-5-17-7-10-8-18-11-4-3-9(13(14,15)16)6-12(11)19-10/h3-4,6,10,17H,2,5,7-8H2,1H3/t10-/m0/s1. The fraction of sp³-hybridized carbons (Fsp3) is 0.538. The van der Waals surface area contributed by atoms with E-state index in [1.54, 1.807) is 0 Å². The molecule has 0 aromatic heterocycles. The summed E-state index contributed by atoms with van der Waals surface area (Å²) in [6.07, 6.45) is -3.64. The van der Waals surface area contributed by atoms with Crippen molar-refractivity contribution in [3.8, 4) is 11.5 Å². The van der Waals surface area contributed by atoms with Gasteiger partial charge in [0, 0.05) is 6.54 Å². The van der Waals surface area contributed by atoms with Gasteiger partial charge in [-0.3, -0.25) is 0 Å². The Morgan fingerprint density at radius 3 is 2.79 bits per heavy atom. The number of rotatable bonds is 4. The topological polar surface area (TPSA) is 30.5 Å². The fourth-order valence-corrected chi connectivity index (χ4v) is 1.83. The number of benzene rings is 1. The molecule has 1 atom stereocenters. The monoisotopic (exact) mass is 275 g/mol. The zero-order chi connectivity index (χ0) is 13.9. The first-order valence-electron chi connectivity index (χ1n) is 6.22. The second kappa shape index (κ2) is 5.69. The molecule has 106 valence electrons. The Kier molecular flexibility index (Phi) is 4.19. The third kappa shape index (κ3) is 3.53. The van der Waals surface area contributed by atoms with E-state index in [-0.39, 0.29) is 11.9 Å². The zero-order valence-electron chi connectivity index (χ0n) is 10.6. The molecule has 1 aromatic rings. The van der Waals surface area contributed by atoms with Gasteiger partial charge in [0.2, 0.25) is 0 Å². The molecular formula is C13H16F3NO2. The highest BCUT2D eigenvalue weighted by Gasteiger charge is 2.32. The van der Waals surface area contributed by atoms with Crippen LogP contribution in [0.15, 0.2) is 18.2 Å². The van der Waals surface area contributed by atoms with Gasteiger partial charge in [-0.05, 0) is 31.2 Å². The van der Waals surface area contributed by atoms with Crippen LogP contribution in [0.5, 0.6) is 11.5 Å². The van der Waals surface area contributed by atoms with Crippen LogP contribution in [0.4, 0.5) is 13.2 Å². The lowest BCUT2D eigenvalue weighted by atomic mass is 10.2. The molecule has 0 spiro atoms. The SMILES string of the molecule is CCCNC[C@H]1COc2ccc(C(F)(F)F)cc2O1. The maximum Gasteiger partial charge on any atom is 0.416 e. The van der Waals surface area contributed by atoms with E-state index in [9.17, 15) is 13.2 Å². The summed E-state index contributed by atoms with van der Waals surface area (Å²) in [6.45, 7) is 3.78.